The molecule has 4 rings (SSSR count). The van der Waals surface area contributed by atoms with Gasteiger partial charge in [0.25, 0.3) is 0 Å². The number of fused-ring (bicyclic) bond motifs is 3. The van der Waals surface area contributed by atoms with Gasteiger partial charge in [-0.3, -0.25) is 9.59 Å². The minimum atomic E-state index is -0.0497. The van der Waals surface area contributed by atoms with Crippen LogP contribution in [-0.4, -0.2) is 42.2 Å². The SMILES string of the molecule is O=C(CN1C(=O)CSc2ccccc21)NC1CC2CCC(C1)N2. The van der Waals surface area contributed by atoms with Crippen LogP contribution in [-0.2, 0) is 9.59 Å². The third-order valence-corrected chi connectivity index (χ3v) is 6.00. The summed E-state index contributed by atoms with van der Waals surface area (Å²) in [6.07, 6.45) is 4.43. The summed E-state index contributed by atoms with van der Waals surface area (Å²) in [5.74, 6) is 0.363. The lowest BCUT2D eigenvalue weighted by molar-refractivity contribution is -0.123. The van der Waals surface area contributed by atoms with Crippen molar-refractivity contribution in [1.29, 1.82) is 0 Å². The zero-order valence-corrected chi connectivity index (χ0v) is 13.8. The van der Waals surface area contributed by atoms with Crippen LogP contribution < -0.4 is 15.5 Å². The summed E-state index contributed by atoms with van der Waals surface area (Å²) in [5, 5.41) is 6.72. The first-order chi connectivity index (χ1) is 11.2. The van der Waals surface area contributed by atoms with Crippen molar-refractivity contribution < 1.29 is 9.59 Å². The summed E-state index contributed by atoms with van der Waals surface area (Å²) in [5.41, 5.74) is 0.856. The number of hydrogen-bond donors (Lipinski definition) is 2. The molecule has 2 atom stereocenters. The van der Waals surface area contributed by atoms with Crippen LogP contribution in [0.1, 0.15) is 25.7 Å². The minimum Gasteiger partial charge on any atom is -0.352 e. The van der Waals surface area contributed by atoms with E-state index in [0.717, 1.165) is 23.4 Å². The number of piperidine rings is 1. The Kier molecular flexibility index (Phi) is 4.03. The molecule has 1 aromatic rings. The quantitative estimate of drug-likeness (QED) is 0.882. The number of carbonyl (C=O) groups excluding carboxylic acids is 2. The predicted octanol–water partition coefficient (Wildman–Crippen LogP) is 1.52. The van der Waals surface area contributed by atoms with Crippen LogP contribution in [0.3, 0.4) is 0 Å². The molecule has 2 saturated heterocycles. The van der Waals surface area contributed by atoms with Crippen molar-refractivity contribution in [3.05, 3.63) is 24.3 Å². The molecule has 2 fully saturated rings. The van der Waals surface area contributed by atoms with E-state index in [1.54, 1.807) is 16.7 Å². The smallest absolute Gasteiger partial charge is 0.240 e. The Morgan fingerprint density at radius 1 is 1.26 bits per heavy atom. The Morgan fingerprint density at radius 3 is 2.78 bits per heavy atom. The maximum Gasteiger partial charge on any atom is 0.240 e. The maximum atomic E-state index is 12.4. The van der Waals surface area contributed by atoms with Gasteiger partial charge in [-0.05, 0) is 37.8 Å². The molecule has 2 amide bonds. The lowest BCUT2D eigenvalue weighted by Gasteiger charge is -2.32. The highest BCUT2D eigenvalue weighted by Crippen LogP contribution is 2.34. The Hall–Kier alpha value is -1.53. The van der Waals surface area contributed by atoms with Gasteiger partial charge < -0.3 is 15.5 Å². The number of nitrogens with one attached hydrogen (secondary N) is 2. The standard InChI is InChI=1S/C17H21N3O2S/c21-16(19-13-7-11-5-6-12(8-13)18-11)9-20-14-3-1-2-4-15(14)23-10-17(20)22/h1-4,11-13,18H,5-10H2,(H,19,21). The number of para-hydroxylation sites is 1. The monoisotopic (exact) mass is 331 g/mol. The first kappa shape index (κ1) is 15.0. The van der Waals surface area contributed by atoms with Crippen LogP contribution in [0.15, 0.2) is 29.2 Å². The van der Waals surface area contributed by atoms with Crippen LogP contribution in [0.2, 0.25) is 0 Å². The van der Waals surface area contributed by atoms with Gasteiger partial charge in [-0.25, -0.2) is 0 Å². The number of carbonyl (C=O) groups is 2. The number of hydrogen-bond acceptors (Lipinski definition) is 4. The normalized spacial score (nSPS) is 29.3. The van der Waals surface area contributed by atoms with Gasteiger partial charge in [0.15, 0.2) is 0 Å². The molecule has 23 heavy (non-hydrogen) atoms. The van der Waals surface area contributed by atoms with E-state index in [1.807, 2.05) is 24.3 Å². The molecular formula is C17H21N3O2S. The maximum absolute atomic E-state index is 12.4. The third-order valence-electron chi connectivity index (χ3n) is 4.95. The average molecular weight is 331 g/mol. The Balaban J connectivity index is 1.41. The zero-order valence-electron chi connectivity index (χ0n) is 13.0. The van der Waals surface area contributed by atoms with Crippen LogP contribution in [0.5, 0.6) is 0 Å². The summed E-state index contributed by atoms with van der Waals surface area (Å²) >= 11 is 1.54. The number of anilines is 1. The van der Waals surface area contributed by atoms with E-state index in [2.05, 4.69) is 10.6 Å². The van der Waals surface area contributed by atoms with Gasteiger partial charge in [-0.1, -0.05) is 12.1 Å². The molecule has 0 spiro atoms. The van der Waals surface area contributed by atoms with E-state index in [4.69, 9.17) is 0 Å². The molecule has 2 N–H and O–H groups in total. The van der Waals surface area contributed by atoms with Gasteiger partial charge >= 0.3 is 0 Å². The molecule has 5 nitrogen and oxygen atoms in total. The van der Waals surface area contributed by atoms with Gasteiger partial charge in [0, 0.05) is 23.0 Å². The molecule has 122 valence electrons. The fraction of sp³-hybridized carbons (Fsp3) is 0.529. The first-order valence-electron chi connectivity index (χ1n) is 8.26. The van der Waals surface area contributed by atoms with E-state index in [-0.39, 0.29) is 24.4 Å². The topological polar surface area (TPSA) is 61.4 Å². The van der Waals surface area contributed by atoms with Gasteiger partial charge in [0.05, 0.1) is 11.4 Å². The van der Waals surface area contributed by atoms with Crippen molar-refractivity contribution in [3.63, 3.8) is 0 Å². The summed E-state index contributed by atoms with van der Waals surface area (Å²) in [6, 6.07) is 9.13. The molecule has 1 aromatic carbocycles. The van der Waals surface area contributed by atoms with Crippen LogP contribution in [0, 0.1) is 0 Å². The van der Waals surface area contributed by atoms with E-state index >= 15 is 0 Å². The number of nitrogens with zero attached hydrogens (tertiary/aromatic N) is 1. The number of rotatable bonds is 3. The van der Waals surface area contributed by atoms with Crippen molar-refractivity contribution in [2.45, 2.75) is 48.7 Å². The molecule has 3 aliphatic heterocycles. The Morgan fingerprint density at radius 2 is 2.00 bits per heavy atom. The van der Waals surface area contributed by atoms with Gasteiger partial charge in [0.2, 0.25) is 11.8 Å². The second-order valence-electron chi connectivity index (χ2n) is 6.61. The highest BCUT2D eigenvalue weighted by Gasteiger charge is 2.34. The molecule has 3 aliphatic rings. The van der Waals surface area contributed by atoms with Crippen molar-refractivity contribution in [1.82, 2.24) is 10.6 Å². The van der Waals surface area contributed by atoms with E-state index in [0.29, 0.717) is 17.8 Å². The van der Waals surface area contributed by atoms with Crippen molar-refractivity contribution >= 4 is 29.3 Å². The second kappa shape index (κ2) is 6.17. The fourth-order valence-corrected chi connectivity index (χ4v) is 4.86. The fourth-order valence-electron chi connectivity index (χ4n) is 3.92. The second-order valence-corrected chi connectivity index (χ2v) is 7.63. The Bertz CT molecular complexity index is 624. The van der Waals surface area contributed by atoms with Gasteiger partial charge in [-0.2, -0.15) is 0 Å². The van der Waals surface area contributed by atoms with Gasteiger partial charge in [0.1, 0.15) is 6.54 Å². The number of thioether (sulfide) groups is 1. The van der Waals surface area contributed by atoms with E-state index < -0.39 is 0 Å². The highest BCUT2D eigenvalue weighted by atomic mass is 32.2. The lowest BCUT2D eigenvalue weighted by Crippen LogP contribution is -2.51. The molecule has 2 unspecified atom stereocenters. The molecular weight excluding hydrogens is 310 g/mol. The van der Waals surface area contributed by atoms with Crippen molar-refractivity contribution in [2.75, 3.05) is 17.2 Å². The number of amides is 2. The summed E-state index contributed by atoms with van der Waals surface area (Å²) in [4.78, 5) is 27.3. The van der Waals surface area contributed by atoms with E-state index in [1.165, 1.54) is 12.8 Å². The molecule has 6 heteroatoms. The van der Waals surface area contributed by atoms with Crippen LogP contribution in [0.4, 0.5) is 5.69 Å². The first-order valence-corrected chi connectivity index (χ1v) is 9.25. The molecule has 0 saturated carbocycles. The van der Waals surface area contributed by atoms with Gasteiger partial charge in [-0.15, -0.1) is 11.8 Å². The Labute approximate surface area is 140 Å². The minimum absolute atomic E-state index is 0.00855. The zero-order chi connectivity index (χ0) is 15.8. The number of benzene rings is 1. The molecule has 2 bridgehead atoms. The largest absolute Gasteiger partial charge is 0.352 e. The summed E-state index contributed by atoms with van der Waals surface area (Å²) in [7, 11) is 0. The summed E-state index contributed by atoms with van der Waals surface area (Å²) in [6.45, 7) is 0.121. The van der Waals surface area contributed by atoms with E-state index in [9.17, 15) is 9.59 Å². The molecule has 3 heterocycles. The predicted molar refractivity (Wildman–Crippen MR) is 90.6 cm³/mol. The molecule has 0 aliphatic carbocycles. The van der Waals surface area contributed by atoms with Crippen molar-refractivity contribution in [3.8, 4) is 0 Å². The van der Waals surface area contributed by atoms with Crippen LogP contribution >= 0.6 is 11.8 Å². The lowest BCUT2D eigenvalue weighted by atomic mass is 10.00. The molecule has 0 radical (unpaired) electrons. The van der Waals surface area contributed by atoms with Crippen molar-refractivity contribution in [2.24, 2.45) is 0 Å². The summed E-state index contributed by atoms with van der Waals surface area (Å²) < 4.78 is 0. The molecule has 0 aromatic heterocycles. The highest BCUT2D eigenvalue weighted by molar-refractivity contribution is 8.00. The average Bonchev–Trinajstić information content (AvgIpc) is 2.89. The van der Waals surface area contributed by atoms with Crippen LogP contribution in [0.25, 0.3) is 0 Å². The third kappa shape index (κ3) is 3.10.